The Labute approximate surface area is 254 Å². The zero-order chi connectivity index (χ0) is 33.2. The number of alkyl halides is 3. The lowest BCUT2D eigenvalue weighted by Gasteiger charge is -2.43. The van der Waals surface area contributed by atoms with Crippen LogP contribution in [0, 0.1) is 0 Å². The maximum absolute atomic E-state index is 15.3. The normalized spacial score (nSPS) is 27.6. The summed E-state index contributed by atoms with van der Waals surface area (Å²) >= 11 is 0. The van der Waals surface area contributed by atoms with Gasteiger partial charge in [0.05, 0.1) is 41.8 Å². The fourth-order valence-corrected chi connectivity index (χ4v) is 6.75. The van der Waals surface area contributed by atoms with Gasteiger partial charge in [-0.3, -0.25) is 9.59 Å². The van der Waals surface area contributed by atoms with Crippen molar-refractivity contribution in [1.82, 2.24) is 14.9 Å². The van der Waals surface area contributed by atoms with E-state index in [4.69, 9.17) is 25.4 Å². The molecule has 11 nitrogen and oxygen atoms in total. The highest BCUT2D eigenvalue weighted by Crippen LogP contribution is 2.53. The maximum Gasteiger partial charge on any atom is 0.490 e. The Kier molecular flexibility index (Phi) is 8.22. The molecule has 0 radical (unpaired) electrons. The predicted molar refractivity (Wildman–Crippen MR) is 151 cm³/mol. The Balaban J connectivity index is 0.000000515. The number of fused-ring (bicyclic) bond motifs is 5. The summed E-state index contributed by atoms with van der Waals surface area (Å²) in [7, 11) is 0. The van der Waals surface area contributed by atoms with Crippen molar-refractivity contribution in [3.8, 4) is 11.4 Å². The van der Waals surface area contributed by atoms with Gasteiger partial charge in [0.2, 0.25) is 5.91 Å². The second-order valence-electron chi connectivity index (χ2n) is 12.0. The number of nitrogens with zero attached hydrogens (tertiary/aromatic N) is 2. The number of aliphatic hydroxyl groups excluding tert-OH is 1. The first-order chi connectivity index (χ1) is 21.0. The van der Waals surface area contributed by atoms with Crippen molar-refractivity contribution >= 4 is 18.0 Å². The van der Waals surface area contributed by atoms with Gasteiger partial charge in [-0.05, 0) is 55.9 Å². The van der Waals surface area contributed by atoms with Gasteiger partial charge in [-0.15, -0.1) is 0 Å². The monoisotopic (exact) mass is 638 g/mol. The number of ether oxygens (including phenoxy) is 1. The highest BCUT2D eigenvalue weighted by Gasteiger charge is 2.48. The van der Waals surface area contributed by atoms with Gasteiger partial charge in [0.1, 0.15) is 11.4 Å². The molecule has 0 saturated heterocycles. The fourth-order valence-electron chi connectivity index (χ4n) is 6.75. The van der Waals surface area contributed by atoms with Gasteiger partial charge in [-0.1, -0.05) is 13.8 Å². The summed E-state index contributed by atoms with van der Waals surface area (Å²) in [4.78, 5) is 40.1. The van der Waals surface area contributed by atoms with Crippen LogP contribution in [0.4, 0.5) is 17.6 Å². The van der Waals surface area contributed by atoms with E-state index in [0.29, 0.717) is 53.9 Å². The van der Waals surface area contributed by atoms with Gasteiger partial charge >= 0.3 is 12.1 Å². The van der Waals surface area contributed by atoms with Crippen molar-refractivity contribution in [2.24, 2.45) is 5.73 Å². The number of hydrogen-bond acceptors (Lipinski definition) is 8. The number of aliphatic carboxylic acids is 1. The average Bonchev–Trinajstić information content (AvgIpc) is 3.33. The van der Waals surface area contributed by atoms with Crippen molar-refractivity contribution in [3.05, 3.63) is 55.8 Å². The van der Waals surface area contributed by atoms with Gasteiger partial charge in [0, 0.05) is 29.0 Å². The number of carbonyl (C=O) groups is 2. The first-order valence-electron chi connectivity index (χ1n) is 14.6. The molecule has 15 heteroatoms. The Hall–Kier alpha value is -3.66. The van der Waals surface area contributed by atoms with Crippen LogP contribution >= 0.6 is 0 Å². The largest absolute Gasteiger partial charge is 0.490 e. The maximum atomic E-state index is 15.3. The van der Waals surface area contributed by atoms with Crippen LogP contribution in [0.15, 0.2) is 16.7 Å². The van der Waals surface area contributed by atoms with Crippen LogP contribution in [0.5, 0.6) is 0 Å². The second-order valence-corrected chi connectivity index (χ2v) is 12.0. The number of carboxylic acids is 1. The predicted octanol–water partition coefficient (Wildman–Crippen LogP) is 3.23. The van der Waals surface area contributed by atoms with Crippen molar-refractivity contribution < 1.29 is 47.2 Å². The summed E-state index contributed by atoms with van der Waals surface area (Å²) in [5.41, 5.74) is 7.76. The molecule has 244 valence electrons. The van der Waals surface area contributed by atoms with Gasteiger partial charge in [0.25, 0.3) is 5.56 Å². The van der Waals surface area contributed by atoms with Crippen LogP contribution in [0.2, 0.25) is 0 Å². The van der Waals surface area contributed by atoms with E-state index >= 15 is 4.39 Å². The zero-order valence-corrected chi connectivity index (χ0v) is 24.8. The van der Waals surface area contributed by atoms with Gasteiger partial charge < -0.3 is 35.7 Å². The van der Waals surface area contributed by atoms with Crippen molar-refractivity contribution in [2.75, 3.05) is 0 Å². The summed E-state index contributed by atoms with van der Waals surface area (Å²) < 4.78 is 54.0. The lowest BCUT2D eigenvalue weighted by atomic mass is 9.66. The number of amides is 1. The molecule has 2 aromatic heterocycles. The summed E-state index contributed by atoms with van der Waals surface area (Å²) in [5, 5.41) is 32.0. The van der Waals surface area contributed by atoms with E-state index in [2.05, 4.69) is 5.32 Å². The van der Waals surface area contributed by atoms with Crippen LogP contribution in [0.25, 0.3) is 17.5 Å². The molecule has 4 heterocycles. The minimum Gasteiger partial charge on any atom is -0.475 e. The minimum absolute atomic E-state index is 0.0643. The Morgan fingerprint density at radius 3 is 2.49 bits per heavy atom. The third-order valence-electron chi connectivity index (χ3n) is 9.17. The summed E-state index contributed by atoms with van der Waals surface area (Å²) in [5.74, 6) is -3.60. The molecular formula is C30H34F4N4O7. The number of halogens is 4. The molecule has 45 heavy (non-hydrogen) atoms. The van der Waals surface area contributed by atoms with Crippen LogP contribution in [0.3, 0.4) is 0 Å². The summed E-state index contributed by atoms with van der Waals surface area (Å²) in [6.07, 6.45) is -2.78. The van der Waals surface area contributed by atoms with Crippen molar-refractivity contribution in [2.45, 2.75) is 102 Å². The van der Waals surface area contributed by atoms with E-state index in [1.807, 2.05) is 6.92 Å². The molecule has 0 aromatic carbocycles. The molecule has 1 amide bonds. The number of nitrogens with two attached hydrogens (primary N) is 1. The zero-order valence-electron chi connectivity index (χ0n) is 24.8. The number of pyridine rings is 2. The van der Waals surface area contributed by atoms with Crippen LogP contribution in [-0.4, -0.2) is 54.8 Å². The Morgan fingerprint density at radius 2 is 1.89 bits per heavy atom. The lowest BCUT2D eigenvalue weighted by Crippen LogP contribution is -2.48. The Morgan fingerprint density at radius 1 is 1.22 bits per heavy atom. The fraction of sp³-hybridized carbons (Fsp3) is 0.533. The molecule has 4 aliphatic rings. The lowest BCUT2D eigenvalue weighted by molar-refractivity contribution is -0.236. The molecule has 0 fully saturated rings. The first-order valence-corrected chi connectivity index (χ1v) is 14.6. The minimum atomic E-state index is -5.08. The molecule has 2 aliphatic heterocycles. The standard InChI is InChI=1S/C28H33FN4O5.C2HF3O2/c1-4-6-21(34)31-17-8-7-15-23-18(10-20(29)27(15,3)30)32-24-13(22(17)23)11-33-19(24)9-16-14(25(33)35)12-38-26(36)28(16,37)5-2;3-2(4,5)1(6)7/h9-10,15,17,26,36-37H,4-8,11-12,30H2,1-3H3,(H,31,34);(H,6,7)/t15?,17-,26?,27?,28-;/m0./s1. The highest BCUT2D eigenvalue weighted by molar-refractivity contribution is 5.79. The third-order valence-corrected chi connectivity index (χ3v) is 9.17. The van der Waals surface area contributed by atoms with Gasteiger partial charge in [-0.25, -0.2) is 14.2 Å². The molecule has 6 N–H and O–H groups in total. The number of nitrogens with one attached hydrogen (secondary N) is 1. The quantitative estimate of drug-likeness (QED) is 0.269. The topological polar surface area (TPSA) is 177 Å². The number of rotatable bonds is 4. The summed E-state index contributed by atoms with van der Waals surface area (Å²) in [6.45, 7) is 5.44. The number of carbonyl (C=O) groups excluding carboxylic acids is 1. The van der Waals surface area contributed by atoms with Crippen LogP contribution in [-0.2, 0) is 33.1 Å². The van der Waals surface area contributed by atoms with Crippen molar-refractivity contribution in [1.29, 1.82) is 0 Å². The molecule has 6 rings (SSSR count). The third kappa shape index (κ3) is 5.24. The summed E-state index contributed by atoms with van der Waals surface area (Å²) in [6, 6.07) is 1.38. The number of aliphatic hydroxyl groups is 2. The average molecular weight is 639 g/mol. The van der Waals surface area contributed by atoms with Crippen LogP contribution in [0.1, 0.15) is 98.3 Å². The van der Waals surface area contributed by atoms with Crippen molar-refractivity contribution in [3.63, 3.8) is 0 Å². The van der Waals surface area contributed by atoms with Gasteiger partial charge in [0.15, 0.2) is 6.29 Å². The molecule has 0 bridgehead atoms. The van der Waals surface area contributed by atoms with Gasteiger partial charge in [-0.2, -0.15) is 13.2 Å². The van der Waals surface area contributed by atoms with E-state index in [1.165, 1.54) is 6.08 Å². The number of aromatic nitrogens is 2. The molecule has 3 unspecified atom stereocenters. The smallest absolute Gasteiger partial charge is 0.475 e. The molecule has 0 saturated carbocycles. The molecular weight excluding hydrogens is 604 g/mol. The van der Waals surface area contributed by atoms with E-state index in [-0.39, 0.29) is 43.0 Å². The molecule has 5 atom stereocenters. The number of hydrogen-bond donors (Lipinski definition) is 5. The molecule has 2 aromatic rings. The van der Waals surface area contributed by atoms with E-state index in [0.717, 1.165) is 16.7 Å². The van der Waals surface area contributed by atoms with E-state index < -0.39 is 35.4 Å². The Bertz CT molecular complexity index is 1670. The highest BCUT2D eigenvalue weighted by atomic mass is 19.4. The first kappa shape index (κ1) is 32.7. The van der Waals surface area contributed by atoms with E-state index in [9.17, 15) is 33.0 Å². The van der Waals surface area contributed by atoms with E-state index in [1.54, 1.807) is 24.5 Å². The number of carboxylic acid groups (broad SMARTS) is 1. The van der Waals surface area contributed by atoms with Crippen LogP contribution < -0.4 is 16.6 Å². The second kappa shape index (κ2) is 11.3. The molecule has 0 spiro atoms. The SMILES string of the molecule is CCCC(=O)N[C@H]1CCC2c3c(nc4c(c31)Cn1c-4cc3c(c1=O)COC(O)[C@]3(O)CC)C=C(F)C2(C)N.O=C(O)C(F)(F)F. The molecule has 2 aliphatic carbocycles.